The quantitative estimate of drug-likeness (QED) is 0.843. The number of carbonyl (C=O) groups is 1. The lowest BCUT2D eigenvalue weighted by molar-refractivity contribution is 0.0955. The van der Waals surface area contributed by atoms with E-state index < -0.39 is 0 Å². The van der Waals surface area contributed by atoms with Gasteiger partial charge in [0.2, 0.25) is 0 Å². The third-order valence-electron chi connectivity index (χ3n) is 6.85. The molecule has 5 atom stereocenters. The van der Waals surface area contributed by atoms with Gasteiger partial charge in [0.25, 0.3) is 5.91 Å². The lowest BCUT2D eigenvalue weighted by Gasteiger charge is -2.43. The molecule has 1 aliphatic heterocycles. The Bertz CT molecular complexity index is 831. The van der Waals surface area contributed by atoms with Gasteiger partial charge < -0.3 is 10.6 Å². The Morgan fingerprint density at radius 1 is 1.12 bits per heavy atom. The van der Waals surface area contributed by atoms with Gasteiger partial charge in [-0.1, -0.05) is 30.3 Å². The predicted octanol–water partition coefficient (Wildman–Crippen LogP) is 4.73. The van der Waals surface area contributed by atoms with Crippen LogP contribution in [0.1, 0.15) is 59.6 Å². The summed E-state index contributed by atoms with van der Waals surface area (Å²) in [6.45, 7) is 2.63. The largest absolute Gasteiger partial charge is 0.378 e. The van der Waals surface area contributed by atoms with E-state index in [4.69, 9.17) is 0 Å². The Labute approximate surface area is 155 Å². The van der Waals surface area contributed by atoms with Crippen LogP contribution in [-0.4, -0.2) is 12.5 Å². The highest BCUT2D eigenvalue weighted by Crippen LogP contribution is 2.63. The first kappa shape index (κ1) is 15.9. The average molecular weight is 346 g/mol. The molecule has 0 spiro atoms. The van der Waals surface area contributed by atoms with E-state index in [0.29, 0.717) is 24.4 Å². The first-order valence-electron chi connectivity index (χ1n) is 10.00. The van der Waals surface area contributed by atoms with Gasteiger partial charge in [-0.05, 0) is 79.2 Å². The molecule has 2 saturated carbocycles. The third kappa shape index (κ3) is 2.37. The summed E-state index contributed by atoms with van der Waals surface area (Å²) in [5.74, 6) is 2.86. The maximum absolute atomic E-state index is 12.3. The molecule has 2 aromatic carbocycles. The van der Waals surface area contributed by atoms with Gasteiger partial charge in [-0.15, -0.1) is 0 Å². The van der Waals surface area contributed by atoms with Crippen LogP contribution in [0, 0.1) is 17.8 Å². The van der Waals surface area contributed by atoms with E-state index in [9.17, 15) is 4.79 Å². The Kier molecular flexibility index (Phi) is 3.77. The number of fused-ring (bicyclic) bond motifs is 7. The highest BCUT2D eigenvalue weighted by atomic mass is 16.1. The summed E-state index contributed by atoms with van der Waals surface area (Å²) in [6.07, 6.45) is 4.06. The van der Waals surface area contributed by atoms with E-state index in [1.807, 2.05) is 13.0 Å². The highest BCUT2D eigenvalue weighted by molar-refractivity contribution is 5.95. The molecule has 1 amide bonds. The van der Waals surface area contributed by atoms with E-state index in [2.05, 4.69) is 53.1 Å². The maximum atomic E-state index is 12.3. The normalized spacial score (nSPS) is 31.0. The average Bonchev–Trinajstić information content (AvgIpc) is 3.30. The van der Waals surface area contributed by atoms with Crippen LogP contribution in [0.4, 0.5) is 5.69 Å². The first-order chi connectivity index (χ1) is 12.8. The van der Waals surface area contributed by atoms with Crippen molar-refractivity contribution in [2.24, 2.45) is 17.8 Å². The fourth-order valence-corrected chi connectivity index (χ4v) is 5.88. The van der Waals surface area contributed by atoms with Crippen molar-refractivity contribution in [1.82, 2.24) is 5.32 Å². The summed E-state index contributed by atoms with van der Waals surface area (Å²) in [7, 11) is 0. The molecular formula is C23H26N2O. The molecule has 5 rings (SSSR count). The van der Waals surface area contributed by atoms with Crippen LogP contribution in [0.25, 0.3) is 0 Å². The van der Waals surface area contributed by atoms with Gasteiger partial charge in [0, 0.05) is 17.8 Å². The molecule has 0 radical (unpaired) electrons. The molecule has 0 unspecified atom stereocenters. The monoisotopic (exact) mass is 346 g/mol. The van der Waals surface area contributed by atoms with Crippen LogP contribution < -0.4 is 10.6 Å². The van der Waals surface area contributed by atoms with Crippen molar-refractivity contribution in [1.29, 1.82) is 0 Å². The van der Waals surface area contributed by atoms with Crippen molar-refractivity contribution in [2.45, 2.75) is 38.1 Å². The standard InChI is InChI=1S/C23H26N2O/c1-2-24-23(26)17-10-11-19-18(13-17)20-15-8-9-16(12-15)21(20)22(25-19)14-6-4-3-5-7-14/h3-7,10-11,13,15-16,20-22,25H,2,8-9,12H2,1H3,(H,24,26)/t15-,16-,20-,21+,22+/m1/s1. The molecule has 2 bridgehead atoms. The molecule has 0 aromatic heterocycles. The molecule has 3 aliphatic rings. The molecule has 2 aliphatic carbocycles. The second-order valence-corrected chi connectivity index (χ2v) is 8.13. The van der Waals surface area contributed by atoms with Gasteiger partial charge in [-0.3, -0.25) is 4.79 Å². The van der Waals surface area contributed by atoms with Crippen molar-refractivity contribution >= 4 is 11.6 Å². The lowest BCUT2D eigenvalue weighted by atomic mass is 9.68. The lowest BCUT2D eigenvalue weighted by Crippen LogP contribution is -2.35. The minimum Gasteiger partial charge on any atom is -0.378 e. The Hall–Kier alpha value is -2.29. The second kappa shape index (κ2) is 6.15. The number of nitrogens with one attached hydrogen (secondary N) is 2. The van der Waals surface area contributed by atoms with Crippen molar-refractivity contribution in [3.05, 3.63) is 65.2 Å². The third-order valence-corrected chi connectivity index (χ3v) is 6.85. The van der Waals surface area contributed by atoms with Gasteiger partial charge in [0.1, 0.15) is 0 Å². The van der Waals surface area contributed by atoms with Crippen molar-refractivity contribution < 1.29 is 4.79 Å². The topological polar surface area (TPSA) is 41.1 Å². The summed E-state index contributed by atoms with van der Waals surface area (Å²) in [5, 5.41) is 6.77. The maximum Gasteiger partial charge on any atom is 0.251 e. The van der Waals surface area contributed by atoms with Crippen molar-refractivity contribution in [3.8, 4) is 0 Å². The minimum absolute atomic E-state index is 0.0418. The van der Waals surface area contributed by atoms with Crippen LogP contribution in [-0.2, 0) is 0 Å². The summed E-state index contributed by atoms with van der Waals surface area (Å²) >= 11 is 0. The molecule has 2 N–H and O–H groups in total. The number of carbonyl (C=O) groups excluding carboxylic acids is 1. The van der Waals surface area contributed by atoms with E-state index >= 15 is 0 Å². The molecular weight excluding hydrogens is 320 g/mol. The predicted molar refractivity (Wildman–Crippen MR) is 104 cm³/mol. The summed E-state index contributed by atoms with van der Waals surface area (Å²) in [4.78, 5) is 12.3. The number of hydrogen-bond donors (Lipinski definition) is 2. The van der Waals surface area contributed by atoms with Crippen LogP contribution in [0.15, 0.2) is 48.5 Å². The fraction of sp³-hybridized carbons (Fsp3) is 0.435. The van der Waals surface area contributed by atoms with Gasteiger partial charge in [-0.2, -0.15) is 0 Å². The smallest absolute Gasteiger partial charge is 0.251 e. The molecule has 26 heavy (non-hydrogen) atoms. The summed E-state index contributed by atoms with van der Waals surface area (Å²) in [5.41, 5.74) is 4.79. The van der Waals surface area contributed by atoms with Crippen LogP contribution in [0.2, 0.25) is 0 Å². The number of benzene rings is 2. The second-order valence-electron chi connectivity index (χ2n) is 8.13. The fourth-order valence-electron chi connectivity index (χ4n) is 5.88. The van der Waals surface area contributed by atoms with Gasteiger partial charge in [0.05, 0.1) is 6.04 Å². The van der Waals surface area contributed by atoms with Crippen LogP contribution in [0.3, 0.4) is 0 Å². The number of amides is 1. The zero-order valence-corrected chi connectivity index (χ0v) is 15.2. The minimum atomic E-state index is 0.0418. The molecule has 1 heterocycles. The van der Waals surface area contributed by atoms with E-state index in [1.54, 1.807) is 0 Å². The first-order valence-corrected chi connectivity index (χ1v) is 10.00. The number of anilines is 1. The van der Waals surface area contributed by atoms with Gasteiger partial charge >= 0.3 is 0 Å². The van der Waals surface area contributed by atoms with Gasteiger partial charge in [0.15, 0.2) is 0 Å². The molecule has 2 fully saturated rings. The molecule has 2 aromatic rings. The van der Waals surface area contributed by atoms with Gasteiger partial charge in [-0.25, -0.2) is 0 Å². The number of hydrogen-bond acceptors (Lipinski definition) is 2. The van der Waals surface area contributed by atoms with E-state index in [1.165, 1.54) is 36.1 Å². The zero-order chi connectivity index (χ0) is 17.7. The highest BCUT2D eigenvalue weighted by Gasteiger charge is 2.53. The Morgan fingerprint density at radius 3 is 2.73 bits per heavy atom. The van der Waals surface area contributed by atoms with Crippen molar-refractivity contribution in [3.63, 3.8) is 0 Å². The summed E-state index contributed by atoms with van der Waals surface area (Å²) < 4.78 is 0. The summed E-state index contributed by atoms with van der Waals surface area (Å²) in [6, 6.07) is 17.5. The molecule has 0 saturated heterocycles. The number of rotatable bonds is 3. The van der Waals surface area contributed by atoms with Crippen molar-refractivity contribution in [2.75, 3.05) is 11.9 Å². The Morgan fingerprint density at radius 2 is 1.92 bits per heavy atom. The molecule has 3 heteroatoms. The zero-order valence-electron chi connectivity index (χ0n) is 15.2. The SMILES string of the molecule is CCNC(=O)c1ccc2c(c1)[C@H]1[C@@H]3CC[C@H](C3)[C@@H]1[C@H](c1ccccc1)N2. The van der Waals surface area contributed by atoms with E-state index in [0.717, 1.165) is 17.4 Å². The van der Waals surface area contributed by atoms with Crippen LogP contribution >= 0.6 is 0 Å². The molecule has 134 valence electrons. The van der Waals surface area contributed by atoms with Crippen LogP contribution in [0.5, 0.6) is 0 Å². The van der Waals surface area contributed by atoms with E-state index in [-0.39, 0.29) is 5.91 Å². The molecule has 3 nitrogen and oxygen atoms in total. The Balaban J connectivity index is 1.58.